The van der Waals surface area contributed by atoms with Crippen LogP contribution in [0.5, 0.6) is 0 Å². The summed E-state index contributed by atoms with van der Waals surface area (Å²) in [6, 6.07) is 5.96. The van der Waals surface area contributed by atoms with Crippen LogP contribution < -0.4 is 0 Å². The highest BCUT2D eigenvalue weighted by Crippen LogP contribution is 2.25. The molecule has 5 heteroatoms. The van der Waals surface area contributed by atoms with Gasteiger partial charge in [0, 0.05) is 10.9 Å². The molecule has 1 aromatic carbocycles. The minimum absolute atomic E-state index is 0.0111. The third-order valence-corrected chi connectivity index (χ3v) is 3.32. The van der Waals surface area contributed by atoms with Crippen molar-refractivity contribution in [3.05, 3.63) is 35.6 Å². The van der Waals surface area contributed by atoms with Crippen molar-refractivity contribution < 1.29 is 5.11 Å². The number of aliphatic hydroxyl groups is 1. The van der Waals surface area contributed by atoms with E-state index in [9.17, 15) is 0 Å². The lowest BCUT2D eigenvalue weighted by atomic mass is 10.2. The minimum Gasteiger partial charge on any atom is -0.390 e. The second-order valence-corrected chi connectivity index (χ2v) is 4.29. The van der Waals surface area contributed by atoms with Crippen molar-refractivity contribution in [3.8, 4) is 10.6 Å². The Kier molecular flexibility index (Phi) is 2.19. The summed E-state index contributed by atoms with van der Waals surface area (Å²) in [6.07, 6.45) is 1.68. The quantitative estimate of drug-likeness (QED) is 0.710. The largest absolute Gasteiger partial charge is 0.390 e. The van der Waals surface area contributed by atoms with E-state index in [1.54, 1.807) is 6.33 Å². The van der Waals surface area contributed by atoms with Gasteiger partial charge in [-0.05, 0) is 18.2 Å². The summed E-state index contributed by atoms with van der Waals surface area (Å²) in [6.45, 7) is -0.0111. The number of H-pyrrole nitrogens is 1. The third kappa shape index (κ3) is 1.50. The number of aromatic amines is 1. The van der Waals surface area contributed by atoms with E-state index in [0.717, 1.165) is 21.6 Å². The van der Waals surface area contributed by atoms with Crippen molar-refractivity contribution in [3.63, 3.8) is 0 Å². The molecule has 0 aliphatic heterocycles. The van der Waals surface area contributed by atoms with Gasteiger partial charge in [0.05, 0.1) is 29.7 Å². The lowest BCUT2D eigenvalue weighted by Gasteiger charge is -1.95. The van der Waals surface area contributed by atoms with Crippen LogP contribution in [0.1, 0.15) is 5.69 Å². The minimum atomic E-state index is -0.0111. The van der Waals surface area contributed by atoms with Gasteiger partial charge in [0.15, 0.2) is 0 Å². The Labute approximate surface area is 95.6 Å². The van der Waals surface area contributed by atoms with Crippen molar-refractivity contribution in [1.29, 1.82) is 0 Å². The van der Waals surface area contributed by atoms with E-state index < -0.39 is 0 Å². The average Bonchev–Trinajstić information content (AvgIpc) is 2.96. The van der Waals surface area contributed by atoms with E-state index in [4.69, 9.17) is 5.11 Å². The second-order valence-electron chi connectivity index (χ2n) is 3.44. The summed E-state index contributed by atoms with van der Waals surface area (Å²) in [5, 5.41) is 11.7. The number of nitrogens with one attached hydrogen (secondary N) is 1. The van der Waals surface area contributed by atoms with Gasteiger partial charge in [-0.25, -0.2) is 9.97 Å². The summed E-state index contributed by atoms with van der Waals surface area (Å²) in [7, 11) is 0. The summed E-state index contributed by atoms with van der Waals surface area (Å²) < 4.78 is 0. The first kappa shape index (κ1) is 9.50. The van der Waals surface area contributed by atoms with Crippen LogP contribution in [0.3, 0.4) is 0 Å². The molecular formula is C11H9N3OS. The molecule has 16 heavy (non-hydrogen) atoms. The van der Waals surface area contributed by atoms with E-state index in [0.29, 0.717) is 5.69 Å². The van der Waals surface area contributed by atoms with Crippen molar-refractivity contribution in [2.24, 2.45) is 0 Å². The fourth-order valence-electron chi connectivity index (χ4n) is 1.58. The molecule has 0 spiro atoms. The number of aliphatic hydroxyl groups excluding tert-OH is 1. The van der Waals surface area contributed by atoms with Crippen LogP contribution in [-0.4, -0.2) is 20.1 Å². The Morgan fingerprint density at radius 3 is 3.12 bits per heavy atom. The first-order chi connectivity index (χ1) is 7.86. The zero-order valence-corrected chi connectivity index (χ0v) is 9.16. The molecule has 2 aromatic heterocycles. The van der Waals surface area contributed by atoms with Crippen LogP contribution >= 0.6 is 11.3 Å². The molecule has 2 N–H and O–H groups in total. The maximum Gasteiger partial charge on any atom is 0.123 e. The normalized spacial score (nSPS) is 11.1. The van der Waals surface area contributed by atoms with Gasteiger partial charge in [-0.2, -0.15) is 0 Å². The Hall–Kier alpha value is -1.72. The van der Waals surface area contributed by atoms with Gasteiger partial charge in [0.2, 0.25) is 0 Å². The van der Waals surface area contributed by atoms with Crippen LogP contribution in [-0.2, 0) is 6.61 Å². The SMILES string of the molecule is OCc1csc(-c2ccc3nc[nH]c3c2)n1. The summed E-state index contributed by atoms with van der Waals surface area (Å²) in [5.74, 6) is 0. The molecule has 0 aliphatic rings. The first-order valence-corrected chi connectivity index (χ1v) is 5.73. The van der Waals surface area contributed by atoms with E-state index in [2.05, 4.69) is 15.0 Å². The van der Waals surface area contributed by atoms with Crippen LogP contribution in [0.2, 0.25) is 0 Å². The molecule has 0 aliphatic carbocycles. The van der Waals surface area contributed by atoms with Crippen LogP contribution in [0.25, 0.3) is 21.6 Å². The fourth-order valence-corrected chi connectivity index (χ4v) is 2.39. The Bertz CT molecular complexity index is 629. The molecule has 0 radical (unpaired) electrons. The van der Waals surface area contributed by atoms with Crippen LogP contribution in [0.4, 0.5) is 0 Å². The number of hydrogen-bond acceptors (Lipinski definition) is 4. The molecule has 4 nitrogen and oxygen atoms in total. The van der Waals surface area contributed by atoms with E-state index in [1.165, 1.54) is 11.3 Å². The van der Waals surface area contributed by atoms with Gasteiger partial charge in [0.1, 0.15) is 5.01 Å². The maximum absolute atomic E-state index is 8.96. The maximum atomic E-state index is 8.96. The molecule has 2 heterocycles. The molecule has 0 fully saturated rings. The predicted molar refractivity (Wildman–Crippen MR) is 63.1 cm³/mol. The van der Waals surface area contributed by atoms with Gasteiger partial charge in [-0.3, -0.25) is 0 Å². The standard InChI is InChI=1S/C11H9N3OS/c15-4-8-5-16-11(14-8)7-1-2-9-10(3-7)13-6-12-9/h1-3,5-6,15H,4H2,(H,12,13). The molecule has 3 rings (SSSR count). The second kappa shape index (κ2) is 3.70. The van der Waals surface area contributed by atoms with Gasteiger partial charge >= 0.3 is 0 Å². The molecule has 0 saturated heterocycles. The Morgan fingerprint density at radius 1 is 1.38 bits per heavy atom. The lowest BCUT2D eigenvalue weighted by Crippen LogP contribution is -1.82. The number of rotatable bonds is 2. The fraction of sp³-hybridized carbons (Fsp3) is 0.0909. The van der Waals surface area contributed by atoms with Crippen molar-refractivity contribution >= 4 is 22.4 Å². The summed E-state index contributed by atoms with van der Waals surface area (Å²) in [5.41, 5.74) is 3.70. The summed E-state index contributed by atoms with van der Waals surface area (Å²) >= 11 is 1.53. The van der Waals surface area contributed by atoms with E-state index in [-0.39, 0.29) is 6.61 Å². The number of nitrogens with zero attached hydrogens (tertiary/aromatic N) is 2. The monoisotopic (exact) mass is 231 g/mol. The van der Waals surface area contributed by atoms with Crippen molar-refractivity contribution in [2.45, 2.75) is 6.61 Å². The van der Waals surface area contributed by atoms with E-state index >= 15 is 0 Å². The molecule has 0 bridgehead atoms. The molecule has 3 aromatic rings. The van der Waals surface area contributed by atoms with Crippen molar-refractivity contribution in [1.82, 2.24) is 15.0 Å². The lowest BCUT2D eigenvalue weighted by molar-refractivity contribution is 0.278. The number of benzene rings is 1. The smallest absolute Gasteiger partial charge is 0.123 e. The topological polar surface area (TPSA) is 61.8 Å². The molecular weight excluding hydrogens is 222 g/mol. The predicted octanol–water partition coefficient (Wildman–Crippen LogP) is 2.18. The number of thiazole rings is 1. The highest BCUT2D eigenvalue weighted by Gasteiger charge is 2.05. The molecule has 0 atom stereocenters. The van der Waals surface area contributed by atoms with E-state index in [1.807, 2.05) is 23.6 Å². The zero-order valence-electron chi connectivity index (χ0n) is 8.34. The van der Waals surface area contributed by atoms with Gasteiger partial charge in [-0.15, -0.1) is 11.3 Å². The van der Waals surface area contributed by atoms with Crippen LogP contribution in [0.15, 0.2) is 29.9 Å². The average molecular weight is 231 g/mol. The Morgan fingerprint density at radius 2 is 2.31 bits per heavy atom. The number of aromatic nitrogens is 3. The highest BCUT2D eigenvalue weighted by molar-refractivity contribution is 7.13. The number of hydrogen-bond donors (Lipinski definition) is 2. The molecule has 0 unspecified atom stereocenters. The van der Waals surface area contributed by atoms with Gasteiger partial charge in [0.25, 0.3) is 0 Å². The first-order valence-electron chi connectivity index (χ1n) is 4.85. The third-order valence-electron chi connectivity index (χ3n) is 2.38. The highest BCUT2D eigenvalue weighted by atomic mass is 32.1. The zero-order chi connectivity index (χ0) is 11.0. The summed E-state index contributed by atoms with van der Waals surface area (Å²) in [4.78, 5) is 11.6. The van der Waals surface area contributed by atoms with Crippen molar-refractivity contribution in [2.75, 3.05) is 0 Å². The van der Waals surface area contributed by atoms with Gasteiger partial charge in [-0.1, -0.05) is 0 Å². The van der Waals surface area contributed by atoms with Gasteiger partial charge < -0.3 is 10.1 Å². The molecule has 0 saturated carbocycles. The van der Waals surface area contributed by atoms with Crippen LogP contribution in [0, 0.1) is 0 Å². The number of imidazole rings is 1. The molecule has 0 amide bonds. The Balaban J connectivity index is 2.10. The number of fused-ring (bicyclic) bond motifs is 1. The molecule has 80 valence electrons.